The third-order valence-electron chi connectivity index (χ3n) is 3.37. The molecule has 0 aromatic heterocycles. The van der Waals surface area contributed by atoms with Crippen LogP contribution >= 0.6 is 0 Å². The molecule has 0 unspecified atom stereocenters. The average molecular weight is 400 g/mol. The van der Waals surface area contributed by atoms with Crippen LogP contribution in [0, 0.1) is 17.5 Å². The van der Waals surface area contributed by atoms with E-state index in [-0.39, 0.29) is 18.1 Å². The Balaban J connectivity index is 2.28. The Morgan fingerprint density at radius 3 is 2.07 bits per heavy atom. The van der Waals surface area contributed by atoms with Crippen molar-refractivity contribution in [2.75, 3.05) is 0 Å². The summed E-state index contributed by atoms with van der Waals surface area (Å²) in [6.07, 6.45) is -9.02. The molecule has 2 aromatic carbocycles. The molecular weight excluding hydrogens is 388 g/mol. The molecule has 0 aliphatic heterocycles. The molecule has 0 aliphatic rings. The van der Waals surface area contributed by atoms with Gasteiger partial charge in [0.25, 0.3) is 0 Å². The first-order valence-electron chi connectivity index (χ1n) is 7.54. The first kappa shape index (κ1) is 20.8. The van der Waals surface area contributed by atoms with Gasteiger partial charge in [-0.25, -0.2) is 13.2 Å². The van der Waals surface area contributed by atoms with Crippen molar-refractivity contribution >= 4 is 0 Å². The first-order chi connectivity index (χ1) is 12.4. The maximum atomic E-state index is 14.1. The van der Waals surface area contributed by atoms with Crippen LogP contribution in [-0.2, 0) is 12.5 Å². The van der Waals surface area contributed by atoms with Gasteiger partial charge >= 0.3 is 12.5 Å². The van der Waals surface area contributed by atoms with Crippen LogP contribution in [0.3, 0.4) is 0 Å². The number of alkyl halides is 5. The summed E-state index contributed by atoms with van der Waals surface area (Å²) >= 11 is 0. The van der Waals surface area contributed by atoms with E-state index in [2.05, 4.69) is 9.47 Å². The summed E-state index contributed by atoms with van der Waals surface area (Å²) in [5.41, 5.74) is -1.54. The van der Waals surface area contributed by atoms with Gasteiger partial charge in [-0.1, -0.05) is 19.4 Å². The van der Waals surface area contributed by atoms with Gasteiger partial charge in [0.2, 0.25) is 0 Å². The van der Waals surface area contributed by atoms with Gasteiger partial charge in [0.15, 0.2) is 23.2 Å². The highest BCUT2D eigenvalue weighted by Gasteiger charge is 2.39. The molecule has 0 saturated heterocycles. The van der Waals surface area contributed by atoms with E-state index in [1.54, 1.807) is 6.92 Å². The fraction of sp³-hybridized carbons (Fsp3) is 0.294. The molecule has 0 amide bonds. The van der Waals surface area contributed by atoms with Crippen LogP contribution in [-0.4, -0.2) is 6.36 Å². The standard InChI is InChI=1S/C17H12F8O2/c1-2-3-9-4-6-11(15(20)14(9)19)16(21,22)26-10-5-7-13(12(18)8-10)27-17(23,24)25/h4-8H,2-3H2,1H3. The molecule has 2 rings (SSSR count). The number of hydrogen-bond acceptors (Lipinski definition) is 2. The van der Waals surface area contributed by atoms with E-state index >= 15 is 0 Å². The minimum absolute atomic E-state index is 0.103. The molecule has 0 atom stereocenters. The van der Waals surface area contributed by atoms with Crippen LogP contribution in [0.2, 0.25) is 0 Å². The molecule has 148 valence electrons. The molecular formula is C17H12F8O2. The maximum Gasteiger partial charge on any atom is 0.573 e. The van der Waals surface area contributed by atoms with Crippen LogP contribution in [0.25, 0.3) is 0 Å². The fourth-order valence-corrected chi connectivity index (χ4v) is 2.23. The van der Waals surface area contributed by atoms with Crippen molar-refractivity contribution in [2.45, 2.75) is 32.2 Å². The maximum absolute atomic E-state index is 14.1. The Kier molecular flexibility index (Phi) is 5.86. The lowest BCUT2D eigenvalue weighted by atomic mass is 10.1. The van der Waals surface area contributed by atoms with Crippen molar-refractivity contribution < 1.29 is 44.6 Å². The summed E-state index contributed by atoms with van der Waals surface area (Å²) in [6, 6.07) is 2.78. The molecule has 0 spiro atoms. The second-order valence-electron chi connectivity index (χ2n) is 5.41. The van der Waals surface area contributed by atoms with Gasteiger partial charge in [0, 0.05) is 6.07 Å². The van der Waals surface area contributed by atoms with Gasteiger partial charge in [-0.3, -0.25) is 0 Å². The molecule has 27 heavy (non-hydrogen) atoms. The SMILES string of the molecule is CCCc1ccc(C(F)(F)Oc2ccc(OC(F)(F)F)c(F)c2)c(F)c1F. The second kappa shape index (κ2) is 7.61. The number of hydrogen-bond donors (Lipinski definition) is 0. The van der Waals surface area contributed by atoms with Gasteiger partial charge in [-0.05, 0) is 30.2 Å². The highest BCUT2D eigenvalue weighted by Crippen LogP contribution is 2.36. The van der Waals surface area contributed by atoms with E-state index < -0.39 is 47.0 Å². The third kappa shape index (κ3) is 5.01. The Morgan fingerprint density at radius 1 is 0.852 bits per heavy atom. The predicted molar refractivity (Wildman–Crippen MR) is 78.0 cm³/mol. The normalized spacial score (nSPS) is 12.2. The molecule has 2 aromatic rings. The van der Waals surface area contributed by atoms with Crippen LogP contribution in [0.5, 0.6) is 11.5 Å². The van der Waals surface area contributed by atoms with Crippen LogP contribution < -0.4 is 9.47 Å². The molecule has 0 aliphatic carbocycles. The molecule has 0 heterocycles. The van der Waals surface area contributed by atoms with E-state index in [0.29, 0.717) is 24.6 Å². The Bertz CT molecular complexity index is 817. The lowest BCUT2D eigenvalue weighted by Gasteiger charge is -2.20. The van der Waals surface area contributed by atoms with Crippen molar-refractivity contribution in [1.29, 1.82) is 0 Å². The summed E-state index contributed by atoms with van der Waals surface area (Å²) in [6.45, 7) is 1.68. The smallest absolute Gasteiger partial charge is 0.429 e. The first-order valence-corrected chi connectivity index (χ1v) is 7.54. The topological polar surface area (TPSA) is 18.5 Å². The zero-order valence-corrected chi connectivity index (χ0v) is 13.6. The molecule has 0 saturated carbocycles. The molecule has 2 nitrogen and oxygen atoms in total. The van der Waals surface area contributed by atoms with Gasteiger partial charge < -0.3 is 9.47 Å². The minimum atomic E-state index is -5.19. The van der Waals surface area contributed by atoms with E-state index in [9.17, 15) is 35.1 Å². The summed E-state index contributed by atoms with van der Waals surface area (Å²) in [5.74, 6) is -7.10. The fourth-order valence-electron chi connectivity index (χ4n) is 2.23. The number of aryl methyl sites for hydroxylation is 1. The molecule has 0 radical (unpaired) electrons. The largest absolute Gasteiger partial charge is 0.573 e. The van der Waals surface area contributed by atoms with Gasteiger partial charge in [-0.15, -0.1) is 13.2 Å². The Morgan fingerprint density at radius 2 is 1.52 bits per heavy atom. The number of ether oxygens (including phenoxy) is 2. The van der Waals surface area contributed by atoms with Crippen molar-refractivity contribution in [1.82, 2.24) is 0 Å². The minimum Gasteiger partial charge on any atom is -0.429 e. The van der Waals surface area contributed by atoms with Crippen molar-refractivity contribution in [3.05, 3.63) is 58.9 Å². The van der Waals surface area contributed by atoms with Crippen LogP contribution in [0.1, 0.15) is 24.5 Å². The van der Waals surface area contributed by atoms with E-state index in [1.807, 2.05) is 0 Å². The highest BCUT2D eigenvalue weighted by molar-refractivity contribution is 5.35. The average Bonchev–Trinajstić information content (AvgIpc) is 2.53. The summed E-state index contributed by atoms with van der Waals surface area (Å²) in [4.78, 5) is 0. The summed E-state index contributed by atoms with van der Waals surface area (Å²) in [5, 5.41) is 0. The number of rotatable bonds is 6. The zero-order chi connectivity index (χ0) is 20.4. The van der Waals surface area contributed by atoms with Crippen LogP contribution in [0.15, 0.2) is 30.3 Å². The van der Waals surface area contributed by atoms with Crippen molar-refractivity contribution in [2.24, 2.45) is 0 Å². The molecule has 0 N–H and O–H groups in total. The van der Waals surface area contributed by atoms with Crippen LogP contribution in [0.4, 0.5) is 35.1 Å². The van der Waals surface area contributed by atoms with Crippen molar-refractivity contribution in [3.63, 3.8) is 0 Å². The second-order valence-corrected chi connectivity index (χ2v) is 5.41. The van der Waals surface area contributed by atoms with E-state index in [0.717, 1.165) is 6.07 Å². The van der Waals surface area contributed by atoms with Crippen molar-refractivity contribution in [3.8, 4) is 11.5 Å². The quantitative estimate of drug-likeness (QED) is 0.547. The summed E-state index contributed by atoms with van der Waals surface area (Å²) < 4.78 is 113. The monoisotopic (exact) mass is 400 g/mol. The van der Waals surface area contributed by atoms with Gasteiger partial charge in [0.05, 0.1) is 0 Å². The number of halogens is 8. The van der Waals surface area contributed by atoms with E-state index in [1.165, 1.54) is 0 Å². The van der Waals surface area contributed by atoms with Gasteiger partial charge in [-0.2, -0.15) is 8.78 Å². The third-order valence-corrected chi connectivity index (χ3v) is 3.37. The summed E-state index contributed by atoms with van der Waals surface area (Å²) in [7, 11) is 0. The lowest BCUT2D eigenvalue weighted by molar-refractivity contribution is -0.275. The number of benzene rings is 2. The lowest BCUT2D eigenvalue weighted by Crippen LogP contribution is -2.24. The Labute approximate surface area is 148 Å². The molecule has 0 fully saturated rings. The Hall–Kier alpha value is -2.52. The molecule has 10 heteroatoms. The van der Waals surface area contributed by atoms with Gasteiger partial charge in [0.1, 0.15) is 11.3 Å². The highest BCUT2D eigenvalue weighted by atomic mass is 19.4. The molecule has 0 bridgehead atoms. The van der Waals surface area contributed by atoms with E-state index in [4.69, 9.17) is 0 Å². The predicted octanol–water partition coefficient (Wildman–Crippen LogP) is 6.08. The zero-order valence-electron chi connectivity index (χ0n) is 13.6.